The Bertz CT molecular complexity index is 551. The van der Waals surface area contributed by atoms with Gasteiger partial charge < -0.3 is 10.5 Å². The molecule has 6 heteroatoms. The quantitative estimate of drug-likeness (QED) is 0.890. The minimum Gasteiger partial charge on any atom is -0.380 e. The van der Waals surface area contributed by atoms with E-state index in [9.17, 15) is 8.42 Å². The minimum absolute atomic E-state index is 0.0778. The molecule has 0 amide bonds. The molecule has 0 spiro atoms. The van der Waals surface area contributed by atoms with E-state index in [1.807, 2.05) is 6.07 Å². The summed E-state index contributed by atoms with van der Waals surface area (Å²) < 4.78 is 32.0. The Balaban J connectivity index is 2.39. The SMILES string of the molecule is Cc1c(CN)cccc1S(=O)(=O)N(C)C1CCOC1. The summed E-state index contributed by atoms with van der Waals surface area (Å²) in [5.74, 6) is 0. The molecule has 1 aliphatic heterocycles. The van der Waals surface area contributed by atoms with Crippen LogP contribution in [0.15, 0.2) is 23.1 Å². The van der Waals surface area contributed by atoms with Crippen LogP contribution in [0.1, 0.15) is 17.5 Å². The molecule has 1 aromatic rings. The van der Waals surface area contributed by atoms with Crippen LogP contribution in [0.25, 0.3) is 0 Å². The average Bonchev–Trinajstić information content (AvgIpc) is 2.91. The van der Waals surface area contributed by atoms with E-state index >= 15 is 0 Å². The monoisotopic (exact) mass is 284 g/mol. The van der Waals surface area contributed by atoms with Crippen molar-refractivity contribution < 1.29 is 13.2 Å². The first-order valence-electron chi connectivity index (χ1n) is 6.33. The largest absolute Gasteiger partial charge is 0.380 e. The van der Waals surface area contributed by atoms with E-state index in [2.05, 4.69) is 0 Å². The second-order valence-electron chi connectivity index (χ2n) is 4.78. The Hall–Kier alpha value is -0.950. The Kier molecular flexibility index (Phi) is 4.25. The van der Waals surface area contributed by atoms with Gasteiger partial charge in [0.25, 0.3) is 0 Å². The summed E-state index contributed by atoms with van der Waals surface area (Å²) in [5.41, 5.74) is 7.22. The van der Waals surface area contributed by atoms with Gasteiger partial charge in [-0.2, -0.15) is 4.31 Å². The van der Waals surface area contributed by atoms with Gasteiger partial charge in [0.2, 0.25) is 10.0 Å². The van der Waals surface area contributed by atoms with E-state index in [4.69, 9.17) is 10.5 Å². The molecule has 0 bridgehead atoms. The molecule has 0 aliphatic carbocycles. The zero-order valence-corrected chi connectivity index (χ0v) is 12.1. The summed E-state index contributed by atoms with van der Waals surface area (Å²) in [7, 11) is -1.87. The van der Waals surface area contributed by atoms with Crippen LogP contribution in [0.4, 0.5) is 0 Å². The molecule has 5 nitrogen and oxygen atoms in total. The molecule has 106 valence electrons. The number of hydrogen-bond acceptors (Lipinski definition) is 4. The first-order valence-corrected chi connectivity index (χ1v) is 7.77. The number of ether oxygens (including phenoxy) is 1. The molecule has 0 radical (unpaired) electrons. The van der Waals surface area contributed by atoms with Crippen molar-refractivity contribution in [2.75, 3.05) is 20.3 Å². The molecule has 1 saturated heterocycles. The molecule has 1 aliphatic rings. The topological polar surface area (TPSA) is 72.6 Å². The van der Waals surface area contributed by atoms with Crippen molar-refractivity contribution in [2.24, 2.45) is 5.73 Å². The van der Waals surface area contributed by atoms with Gasteiger partial charge in [0.15, 0.2) is 0 Å². The number of likely N-dealkylation sites (N-methyl/N-ethyl adjacent to an activating group) is 1. The Labute approximate surface area is 114 Å². The van der Waals surface area contributed by atoms with Crippen LogP contribution >= 0.6 is 0 Å². The van der Waals surface area contributed by atoms with Gasteiger partial charge in [-0.25, -0.2) is 8.42 Å². The number of nitrogens with two attached hydrogens (primary N) is 1. The third kappa shape index (κ3) is 2.67. The molecule has 2 rings (SSSR count). The molecule has 0 saturated carbocycles. The highest BCUT2D eigenvalue weighted by atomic mass is 32.2. The van der Waals surface area contributed by atoms with Crippen molar-refractivity contribution in [3.05, 3.63) is 29.3 Å². The Morgan fingerprint density at radius 1 is 1.47 bits per heavy atom. The van der Waals surface area contributed by atoms with Gasteiger partial charge >= 0.3 is 0 Å². The van der Waals surface area contributed by atoms with Crippen molar-refractivity contribution >= 4 is 10.0 Å². The van der Waals surface area contributed by atoms with E-state index in [0.717, 1.165) is 17.5 Å². The molecule has 1 aromatic carbocycles. The van der Waals surface area contributed by atoms with Crippen molar-refractivity contribution in [1.82, 2.24) is 4.31 Å². The lowest BCUT2D eigenvalue weighted by atomic mass is 10.1. The molecular formula is C13H20N2O3S. The summed E-state index contributed by atoms with van der Waals surface area (Å²) in [4.78, 5) is 0.338. The van der Waals surface area contributed by atoms with Gasteiger partial charge in [-0.3, -0.25) is 0 Å². The molecule has 2 N–H and O–H groups in total. The van der Waals surface area contributed by atoms with Crippen LogP contribution in [-0.2, 0) is 21.3 Å². The van der Waals surface area contributed by atoms with Crippen molar-refractivity contribution in [3.63, 3.8) is 0 Å². The van der Waals surface area contributed by atoms with Gasteiger partial charge in [0.1, 0.15) is 0 Å². The maximum atomic E-state index is 12.6. The number of hydrogen-bond donors (Lipinski definition) is 1. The van der Waals surface area contributed by atoms with Gasteiger partial charge in [0.05, 0.1) is 17.5 Å². The number of benzene rings is 1. The van der Waals surface area contributed by atoms with Crippen LogP contribution in [0.3, 0.4) is 0 Å². The summed E-state index contributed by atoms with van der Waals surface area (Å²) >= 11 is 0. The normalized spacial score (nSPS) is 20.1. The molecule has 1 fully saturated rings. The van der Waals surface area contributed by atoms with Crippen LogP contribution in [0, 0.1) is 6.92 Å². The number of rotatable bonds is 4. The second kappa shape index (κ2) is 5.58. The number of nitrogens with zero attached hydrogens (tertiary/aromatic N) is 1. The molecule has 19 heavy (non-hydrogen) atoms. The Morgan fingerprint density at radius 2 is 2.21 bits per heavy atom. The van der Waals surface area contributed by atoms with Crippen LogP contribution in [0.5, 0.6) is 0 Å². The lowest BCUT2D eigenvalue weighted by Gasteiger charge is -2.24. The van der Waals surface area contributed by atoms with Crippen LogP contribution in [0.2, 0.25) is 0 Å². The van der Waals surface area contributed by atoms with Crippen LogP contribution in [-0.4, -0.2) is 39.0 Å². The predicted octanol–water partition coefficient (Wildman–Crippen LogP) is 0.863. The van der Waals surface area contributed by atoms with E-state index in [-0.39, 0.29) is 6.04 Å². The fraction of sp³-hybridized carbons (Fsp3) is 0.538. The first-order chi connectivity index (χ1) is 8.98. The smallest absolute Gasteiger partial charge is 0.243 e. The highest BCUT2D eigenvalue weighted by molar-refractivity contribution is 7.89. The highest BCUT2D eigenvalue weighted by Crippen LogP contribution is 2.25. The molecule has 0 aromatic heterocycles. The van der Waals surface area contributed by atoms with Gasteiger partial charge in [-0.15, -0.1) is 0 Å². The summed E-state index contributed by atoms with van der Waals surface area (Å²) in [6.45, 7) is 3.22. The van der Waals surface area contributed by atoms with Gasteiger partial charge in [-0.05, 0) is 30.5 Å². The van der Waals surface area contributed by atoms with Crippen molar-refractivity contribution in [3.8, 4) is 0 Å². The fourth-order valence-electron chi connectivity index (χ4n) is 2.32. The molecule has 1 heterocycles. The average molecular weight is 284 g/mol. The van der Waals surface area contributed by atoms with Crippen molar-refractivity contribution in [2.45, 2.75) is 30.8 Å². The van der Waals surface area contributed by atoms with Crippen LogP contribution < -0.4 is 5.73 Å². The van der Waals surface area contributed by atoms with Crippen molar-refractivity contribution in [1.29, 1.82) is 0 Å². The third-order valence-electron chi connectivity index (χ3n) is 3.69. The lowest BCUT2D eigenvalue weighted by molar-refractivity contribution is 0.181. The highest BCUT2D eigenvalue weighted by Gasteiger charge is 2.31. The minimum atomic E-state index is -3.49. The maximum Gasteiger partial charge on any atom is 0.243 e. The standard InChI is InChI=1S/C13H20N2O3S/c1-10-11(8-14)4-3-5-13(10)19(16,17)15(2)12-6-7-18-9-12/h3-5,12H,6-9,14H2,1-2H3. The van der Waals surface area contributed by atoms with E-state index in [0.29, 0.717) is 24.7 Å². The summed E-state index contributed by atoms with van der Waals surface area (Å²) in [6, 6.07) is 5.15. The van der Waals surface area contributed by atoms with E-state index in [1.165, 1.54) is 4.31 Å². The maximum absolute atomic E-state index is 12.6. The second-order valence-corrected chi connectivity index (χ2v) is 6.75. The third-order valence-corrected chi connectivity index (χ3v) is 5.75. The zero-order valence-electron chi connectivity index (χ0n) is 11.3. The first kappa shape index (κ1) is 14.5. The van der Waals surface area contributed by atoms with Gasteiger partial charge in [0, 0.05) is 20.2 Å². The van der Waals surface area contributed by atoms with E-state index < -0.39 is 10.0 Å². The predicted molar refractivity (Wildman–Crippen MR) is 73.2 cm³/mol. The summed E-state index contributed by atoms with van der Waals surface area (Å²) in [5, 5.41) is 0. The number of sulfonamides is 1. The fourth-order valence-corrected chi connectivity index (χ4v) is 3.96. The molecule has 1 atom stereocenters. The zero-order chi connectivity index (χ0) is 14.0. The molecular weight excluding hydrogens is 264 g/mol. The summed E-state index contributed by atoms with van der Waals surface area (Å²) in [6.07, 6.45) is 0.741. The van der Waals surface area contributed by atoms with Gasteiger partial charge in [-0.1, -0.05) is 12.1 Å². The lowest BCUT2D eigenvalue weighted by Crippen LogP contribution is -2.37. The molecule has 1 unspecified atom stereocenters. The van der Waals surface area contributed by atoms with E-state index in [1.54, 1.807) is 26.1 Å². The Morgan fingerprint density at radius 3 is 2.79 bits per heavy atom.